The second-order valence-corrected chi connectivity index (χ2v) is 4.40. The van der Waals surface area contributed by atoms with Crippen LogP contribution in [0.1, 0.15) is 15.9 Å². The molecule has 0 radical (unpaired) electrons. The van der Waals surface area contributed by atoms with Crippen molar-refractivity contribution in [2.45, 2.75) is 0 Å². The van der Waals surface area contributed by atoms with Gasteiger partial charge in [-0.3, -0.25) is 4.98 Å². The van der Waals surface area contributed by atoms with Crippen LogP contribution in [0.15, 0.2) is 47.8 Å². The molecular formula is C16H15N3O5. The lowest BCUT2D eigenvalue weighted by atomic mass is 10.2. The summed E-state index contributed by atoms with van der Waals surface area (Å²) >= 11 is 0. The van der Waals surface area contributed by atoms with Crippen molar-refractivity contribution in [1.82, 2.24) is 10.4 Å². The first-order chi connectivity index (χ1) is 11.6. The van der Waals surface area contributed by atoms with Crippen molar-refractivity contribution < 1.29 is 23.8 Å². The van der Waals surface area contributed by atoms with E-state index >= 15 is 0 Å². The molecule has 0 aliphatic carbocycles. The number of esters is 1. The number of hydrogen-bond donors (Lipinski definition) is 1. The Kier molecular flexibility index (Phi) is 5.84. The summed E-state index contributed by atoms with van der Waals surface area (Å²) in [5, 5.41) is 3.71. The van der Waals surface area contributed by atoms with E-state index in [2.05, 4.69) is 20.2 Å². The topological polar surface area (TPSA) is 99.1 Å². The quantitative estimate of drug-likeness (QED) is 0.390. The average molecular weight is 329 g/mol. The van der Waals surface area contributed by atoms with Crippen LogP contribution in [-0.2, 0) is 4.74 Å². The van der Waals surface area contributed by atoms with Gasteiger partial charge in [-0.05, 0) is 35.9 Å². The van der Waals surface area contributed by atoms with E-state index in [9.17, 15) is 9.59 Å². The normalized spacial score (nSPS) is 10.2. The Bertz CT molecular complexity index is 747. The standard InChI is InChI=1S/C16H15N3O5/c1-22-14-9-11(10-18-19-16(21)23-2)3-4-13(14)24-15(20)12-5-7-17-8-6-12/h3-10H,1-2H3,(H,19,21)/b18-10-. The summed E-state index contributed by atoms with van der Waals surface area (Å²) in [5.74, 6) is 0.0845. The molecular weight excluding hydrogens is 314 g/mol. The van der Waals surface area contributed by atoms with Gasteiger partial charge in [0.1, 0.15) is 0 Å². The third-order valence-corrected chi connectivity index (χ3v) is 2.86. The number of aromatic nitrogens is 1. The molecule has 0 saturated carbocycles. The lowest BCUT2D eigenvalue weighted by molar-refractivity contribution is 0.0729. The van der Waals surface area contributed by atoms with Crippen LogP contribution in [0.25, 0.3) is 0 Å². The number of ether oxygens (including phenoxy) is 3. The number of hydrazone groups is 1. The van der Waals surface area contributed by atoms with Gasteiger partial charge in [0.25, 0.3) is 0 Å². The van der Waals surface area contributed by atoms with Crippen LogP contribution in [0.3, 0.4) is 0 Å². The predicted molar refractivity (Wildman–Crippen MR) is 85.3 cm³/mol. The SMILES string of the molecule is COC(=O)N/N=C\c1ccc(OC(=O)c2ccncc2)c(OC)c1. The monoisotopic (exact) mass is 329 g/mol. The zero-order valence-electron chi connectivity index (χ0n) is 13.1. The number of nitrogens with zero attached hydrogens (tertiary/aromatic N) is 2. The van der Waals surface area contributed by atoms with Crippen molar-refractivity contribution in [2.24, 2.45) is 5.10 Å². The average Bonchev–Trinajstić information content (AvgIpc) is 2.63. The number of carbonyl (C=O) groups excluding carboxylic acids is 2. The minimum Gasteiger partial charge on any atom is -0.493 e. The largest absolute Gasteiger partial charge is 0.493 e. The van der Waals surface area contributed by atoms with E-state index in [0.29, 0.717) is 16.9 Å². The van der Waals surface area contributed by atoms with Crippen molar-refractivity contribution in [3.8, 4) is 11.5 Å². The number of hydrogen-bond acceptors (Lipinski definition) is 7. The number of carbonyl (C=O) groups is 2. The van der Waals surface area contributed by atoms with Gasteiger partial charge in [0.2, 0.25) is 0 Å². The fourth-order valence-electron chi connectivity index (χ4n) is 1.70. The van der Waals surface area contributed by atoms with Gasteiger partial charge in [-0.25, -0.2) is 15.0 Å². The number of methoxy groups -OCH3 is 2. The fraction of sp³-hybridized carbons (Fsp3) is 0.125. The molecule has 1 heterocycles. The smallest absolute Gasteiger partial charge is 0.427 e. The summed E-state index contributed by atoms with van der Waals surface area (Å²) in [6.45, 7) is 0. The van der Waals surface area contributed by atoms with Crippen LogP contribution >= 0.6 is 0 Å². The number of nitrogens with one attached hydrogen (secondary N) is 1. The van der Waals surface area contributed by atoms with Crippen molar-refractivity contribution in [3.63, 3.8) is 0 Å². The van der Waals surface area contributed by atoms with Gasteiger partial charge >= 0.3 is 12.1 Å². The van der Waals surface area contributed by atoms with E-state index < -0.39 is 12.1 Å². The van der Waals surface area contributed by atoms with E-state index in [4.69, 9.17) is 9.47 Å². The maximum Gasteiger partial charge on any atom is 0.427 e. The summed E-state index contributed by atoms with van der Waals surface area (Å²) in [7, 11) is 2.69. The minimum absolute atomic E-state index is 0.261. The van der Waals surface area contributed by atoms with E-state index in [1.165, 1.54) is 32.8 Å². The molecule has 24 heavy (non-hydrogen) atoms. The van der Waals surface area contributed by atoms with Gasteiger partial charge in [0.15, 0.2) is 11.5 Å². The summed E-state index contributed by atoms with van der Waals surface area (Å²) in [6.07, 6.45) is 3.72. The van der Waals surface area contributed by atoms with Gasteiger partial charge in [-0.15, -0.1) is 0 Å². The van der Waals surface area contributed by atoms with Gasteiger partial charge in [-0.2, -0.15) is 5.10 Å². The maximum atomic E-state index is 12.1. The highest BCUT2D eigenvalue weighted by molar-refractivity contribution is 5.91. The van der Waals surface area contributed by atoms with E-state index in [1.807, 2.05) is 0 Å². The molecule has 2 aromatic rings. The Morgan fingerprint density at radius 1 is 1.12 bits per heavy atom. The molecule has 0 bridgehead atoms. The molecule has 8 nitrogen and oxygen atoms in total. The van der Waals surface area contributed by atoms with E-state index in [-0.39, 0.29) is 5.75 Å². The van der Waals surface area contributed by atoms with Crippen LogP contribution in [-0.4, -0.2) is 37.5 Å². The number of rotatable bonds is 5. The third kappa shape index (κ3) is 4.54. The molecule has 1 aromatic carbocycles. The molecule has 0 spiro atoms. The number of benzene rings is 1. The van der Waals surface area contributed by atoms with Crippen molar-refractivity contribution >= 4 is 18.3 Å². The summed E-state index contributed by atoms with van der Waals surface area (Å²) in [5.41, 5.74) is 3.17. The first-order valence-corrected chi connectivity index (χ1v) is 6.81. The lowest BCUT2D eigenvalue weighted by Crippen LogP contribution is -2.16. The highest BCUT2D eigenvalue weighted by Crippen LogP contribution is 2.28. The Labute approximate surface area is 138 Å². The Balaban J connectivity index is 2.11. The number of amides is 1. The van der Waals surface area contributed by atoms with Crippen molar-refractivity contribution in [2.75, 3.05) is 14.2 Å². The maximum absolute atomic E-state index is 12.1. The van der Waals surface area contributed by atoms with Crippen LogP contribution in [0.5, 0.6) is 11.5 Å². The highest BCUT2D eigenvalue weighted by atomic mass is 16.6. The predicted octanol–water partition coefficient (Wildman–Crippen LogP) is 2.00. The van der Waals surface area contributed by atoms with E-state index in [0.717, 1.165) is 0 Å². The molecule has 1 N–H and O–H groups in total. The molecule has 2 rings (SSSR count). The molecule has 8 heteroatoms. The Morgan fingerprint density at radius 2 is 1.88 bits per heavy atom. The summed E-state index contributed by atoms with van der Waals surface area (Å²) in [4.78, 5) is 26.8. The van der Waals surface area contributed by atoms with Crippen LogP contribution < -0.4 is 14.9 Å². The fourth-order valence-corrected chi connectivity index (χ4v) is 1.70. The lowest BCUT2D eigenvalue weighted by Gasteiger charge is -2.09. The molecule has 0 saturated heterocycles. The first kappa shape index (κ1) is 16.9. The van der Waals surface area contributed by atoms with Crippen LogP contribution in [0, 0.1) is 0 Å². The Hall–Kier alpha value is -3.42. The van der Waals surface area contributed by atoms with Gasteiger partial charge in [-0.1, -0.05) is 0 Å². The molecule has 0 atom stereocenters. The molecule has 1 amide bonds. The highest BCUT2D eigenvalue weighted by Gasteiger charge is 2.12. The zero-order chi connectivity index (χ0) is 17.4. The molecule has 0 aliphatic rings. The molecule has 0 unspecified atom stereocenters. The Morgan fingerprint density at radius 3 is 2.54 bits per heavy atom. The van der Waals surface area contributed by atoms with Crippen molar-refractivity contribution in [1.29, 1.82) is 0 Å². The van der Waals surface area contributed by atoms with Gasteiger partial charge < -0.3 is 14.2 Å². The summed E-state index contributed by atoms with van der Waals surface area (Å²) in [6, 6.07) is 7.93. The molecule has 1 aromatic heterocycles. The zero-order valence-corrected chi connectivity index (χ0v) is 13.1. The summed E-state index contributed by atoms with van der Waals surface area (Å²) < 4.78 is 14.9. The van der Waals surface area contributed by atoms with Crippen LogP contribution in [0.4, 0.5) is 4.79 Å². The van der Waals surface area contributed by atoms with E-state index in [1.54, 1.807) is 30.3 Å². The second kappa shape index (κ2) is 8.28. The molecule has 124 valence electrons. The van der Waals surface area contributed by atoms with Crippen LogP contribution in [0.2, 0.25) is 0 Å². The molecule has 0 aliphatic heterocycles. The molecule has 0 fully saturated rings. The van der Waals surface area contributed by atoms with Crippen molar-refractivity contribution in [3.05, 3.63) is 53.9 Å². The minimum atomic E-state index is -0.680. The first-order valence-electron chi connectivity index (χ1n) is 6.81. The third-order valence-electron chi connectivity index (χ3n) is 2.86. The van der Waals surface area contributed by atoms with Gasteiger partial charge in [0.05, 0.1) is 26.0 Å². The second-order valence-electron chi connectivity index (χ2n) is 4.40. The number of pyridine rings is 1. The van der Waals surface area contributed by atoms with Gasteiger partial charge in [0, 0.05) is 12.4 Å².